The number of carbonyl (C=O) groups excluding carboxylic acids is 3. The molecule has 1 saturated carbocycles. The van der Waals surface area contributed by atoms with E-state index in [0.29, 0.717) is 0 Å². The number of nitro groups is 1. The van der Waals surface area contributed by atoms with Crippen LogP contribution >= 0.6 is 0 Å². The van der Waals surface area contributed by atoms with Gasteiger partial charge in [0.25, 0.3) is 5.69 Å². The molecule has 8 heteroatoms. The summed E-state index contributed by atoms with van der Waals surface area (Å²) in [5.41, 5.74) is 0.0988. The number of allylic oxidation sites excluding steroid dienone is 2. The van der Waals surface area contributed by atoms with Crippen LogP contribution in [0.2, 0.25) is 0 Å². The zero-order chi connectivity index (χ0) is 19.3. The van der Waals surface area contributed by atoms with Gasteiger partial charge in [-0.2, -0.15) is 0 Å². The highest BCUT2D eigenvalue weighted by atomic mass is 16.6. The largest absolute Gasteiger partial charge is 0.324 e. The highest BCUT2D eigenvalue weighted by Crippen LogP contribution is 2.49. The van der Waals surface area contributed by atoms with Crippen LogP contribution in [0.25, 0.3) is 0 Å². The monoisotopic (exact) mass is 369 g/mol. The number of non-ortho nitro benzene ring substituents is 1. The van der Waals surface area contributed by atoms with Crippen LogP contribution in [0.5, 0.6) is 0 Å². The van der Waals surface area contributed by atoms with Crippen LogP contribution in [-0.2, 0) is 14.4 Å². The lowest BCUT2D eigenvalue weighted by atomic mass is 9.63. The Labute approximate surface area is 155 Å². The minimum Gasteiger partial charge on any atom is -0.324 e. The van der Waals surface area contributed by atoms with E-state index in [1.54, 1.807) is 0 Å². The fourth-order valence-electron chi connectivity index (χ4n) is 4.54. The molecule has 0 aromatic heterocycles. The standard InChI is InChI=1S/C19H19N3O5/c1-10(17(23)20-13-3-2-4-14(9-13)22(26)27)21-18(24)15-11-5-6-12(8-7-11)16(15)19(21)25/h2-6,9-12,15-16H,7-8H2,1H3,(H,20,23)/t10-,11+,12+,15-,16+/m1/s1. The maximum absolute atomic E-state index is 12.9. The molecule has 5 atom stereocenters. The van der Waals surface area contributed by atoms with E-state index >= 15 is 0 Å². The van der Waals surface area contributed by atoms with Crippen molar-refractivity contribution in [1.82, 2.24) is 4.90 Å². The Kier molecular flexibility index (Phi) is 4.05. The van der Waals surface area contributed by atoms with Crippen molar-refractivity contribution in [2.24, 2.45) is 23.7 Å². The summed E-state index contributed by atoms with van der Waals surface area (Å²) in [6, 6.07) is 4.56. The second kappa shape index (κ2) is 6.29. The second-order valence-corrected chi connectivity index (χ2v) is 7.36. The van der Waals surface area contributed by atoms with Crippen molar-refractivity contribution in [1.29, 1.82) is 0 Å². The lowest BCUT2D eigenvalue weighted by Gasteiger charge is -2.38. The summed E-state index contributed by atoms with van der Waals surface area (Å²) in [6.45, 7) is 1.51. The molecule has 3 aliphatic carbocycles. The maximum Gasteiger partial charge on any atom is 0.271 e. The van der Waals surface area contributed by atoms with Crippen LogP contribution < -0.4 is 5.32 Å². The van der Waals surface area contributed by atoms with Crippen LogP contribution in [0, 0.1) is 33.8 Å². The average molecular weight is 369 g/mol. The molecule has 0 unspecified atom stereocenters. The van der Waals surface area contributed by atoms with E-state index in [0.717, 1.165) is 17.7 Å². The Balaban J connectivity index is 1.53. The molecule has 1 aromatic rings. The lowest BCUT2D eigenvalue weighted by Crippen LogP contribution is -2.46. The summed E-state index contributed by atoms with van der Waals surface area (Å²) in [4.78, 5) is 49.8. The number of amides is 3. The molecule has 1 saturated heterocycles. The van der Waals surface area contributed by atoms with Crippen LogP contribution in [0.1, 0.15) is 19.8 Å². The second-order valence-electron chi connectivity index (χ2n) is 7.36. The highest BCUT2D eigenvalue weighted by molar-refractivity contribution is 6.10. The third-order valence-corrected chi connectivity index (χ3v) is 5.88. The number of nitro benzene ring substituents is 1. The molecule has 1 heterocycles. The van der Waals surface area contributed by atoms with Crippen LogP contribution in [0.4, 0.5) is 11.4 Å². The average Bonchev–Trinajstić information content (AvgIpc) is 2.95. The van der Waals surface area contributed by atoms with Crippen LogP contribution in [0.15, 0.2) is 36.4 Å². The van der Waals surface area contributed by atoms with Gasteiger partial charge in [-0.3, -0.25) is 29.4 Å². The van der Waals surface area contributed by atoms with Gasteiger partial charge in [0.1, 0.15) is 6.04 Å². The molecular formula is C19H19N3O5. The quantitative estimate of drug-likeness (QED) is 0.378. The van der Waals surface area contributed by atoms with Crippen molar-refractivity contribution in [3.8, 4) is 0 Å². The highest BCUT2D eigenvalue weighted by Gasteiger charge is 2.58. The molecule has 1 aliphatic heterocycles. The van der Waals surface area contributed by atoms with Gasteiger partial charge in [0.15, 0.2) is 0 Å². The maximum atomic E-state index is 12.9. The summed E-state index contributed by atoms with van der Waals surface area (Å²) in [7, 11) is 0. The van der Waals surface area contributed by atoms with Gasteiger partial charge in [-0.1, -0.05) is 18.2 Å². The van der Waals surface area contributed by atoms with Gasteiger partial charge in [-0.05, 0) is 37.7 Å². The van der Waals surface area contributed by atoms with Crippen molar-refractivity contribution in [2.75, 3.05) is 5.32 Å². The smallest absolute Gasteiger partial charge is 0.271 e. The minimum absolute atomic E-state index is 0.0634. The number of imide groups is 1. The molecule has 1 aromatic carbocycles. The fourth-order valence-corrected chi connectivity index (χ4v) is 4.54. The Hall–Kier alpha value is -3.03. The van der Waals surface area contributed by atoms with E-state index in [1.807, 2.05) is 12.2 Å². The van der Waals surface area contributed by atoms with Crippen molar-refractivity contribution >= 4 is 29.1 Å². The number of benzene rings is 1. The van der Waals surface area contributed by atoms with Gasteiger partial charge in [-0.15, -0.1) is 0 Å². The molecule has 140 valence electrons. The van der Waals surface area contributed by atoms with E-state index in [2.05, 4.69) is 5.32 Å². The number of likely N-dealkylation sites (tertiary alicyclic amines) is 1. The van der Waals surface area contributed by atoms with Crippen LogP contribution in [0.3, 0.4) is 0 Å². The van der Waals surface area contributed by atoms with Crippen molar-refractivity contribution in [3.63, 3.8) is 0 Å². The molecule has 2 bridgehead atoms. The van der Waals surface area contributed by atoms with Gasteiger partial charge in [-0.25, -0.2) is 0 Å². The molecule has 27 heavy (non-hydrogen) atoms. The third-order valence-electron chi connectivity index (χ3n) is 5.88. The molecule has 4 aliphatic rings. The molecular weight excluding hydrogens is 350 g/mol. The SMILES string of the molecule is C[C@H](C(=O)Nc1cccc([N+](=O)[O-])c1)N1C(=O)[C@@H]2[C@H](C1=O)[C@H]1C=C[C@H]2CC1. The molecule has 0 spiro atoms. The number of rotatable bonds is 4. The first-order chi connectivity index (χ1) is 12.9. The van der Waals surface area contributed by atoms with Gasteiger partial charge in [0.2, 0.25) is 17.7 Å². The summed E-state index contributed by atoms with van der Waals surface area (Å²) < 4.78 is 0. The van der Waals surface area contributed by atoms with Gasteiger partial charge >= 0.3 is 0 Å². The number of anilines is 1. The first-order valence-electron chi connectivity index (χ1n) is 8.99. The topological polar surface area (TPSA) is 110 Å². The first-order valence-corrected chi connectivity index (χ1v) is 8.99. The number of nitrogens with zero attached hydrogens (tertiary/aromatic N) is 2. The zero-order valence-electron chi connectivity index (χ0n) is 14.7. The Morgan fingerprint density at radius 2 is 1.78 bits per heavy atom. The lowest BCUT2D eigenvalue weighted by molar-refractivity contribution is -0.384. The van der Waals surface area contributed by atoms with E-state index in [4.69, 9.17) is 0 Å². The van der Waals surface area contributed by atoms with E-state index in [9.17, 15) is 24.5 Å². The normalized spacial score (nSPS) is 29.6. The van der Waals surface area contributed by atoms with Gasteiger partial charge in [0, 0.05) is 17.8 Å². The van der Waals surface area contributed by atoms with Gasteiger partial charge in [0.05, 0.1) is 16.8 Å². The summed E-state index contributed by atoms with van der Waals surface area (Å²) in [5.74, 6) is -1.72. The Morgan fingerprint density at radius 1 is 1.19 bits per heavy atom. The number of nitrogens with one attached hydrogen (secondary N) is 1. The van der Waals surface area contributed by atoms with Crippen molar-refractivity contribution in [2.45, 2.75) is 25.8 Å². The minimum atomic E-state index is -0.978. The van der Waals surface area contributed by atoms with E-state index in [1.165, 1.54) is 31.2 Å². The predicted molar refractivity (Wildman–Crippen MR) is 95.4 cm³/mol. The Bertz CT molecular complexity index is 848. The Morgan fingerprint density at radius 3 is 2.30 bits per heavy atom. The van der Waals surface area contributed by atoms with Gasteiger partial charge < -0.3 is 5.32 Å². The first kappa shape index (κ1) is 17.4. The molecule has 5 rings (SSSR count). The third kappa shape index (κ3) is 2.72. The molecule has 0 radical (unpaired) electrons. The summed E-state index contributed by atoms with van der Waals surface area (Å²) in [5, 5.41) is 13.4. The summed E-state index contributed by atoms with van der Waals surface area (Å²) >= 11 is 0. The molecule has 2 fully saturated rings. The summed E-state index contributed by atoms with van der Waals surface area (Å²) in [6.07, 6.45) is 5.84. The van der Waals surface area contributed by atoms with Crippen LogP contribution in [-0.4, -0.2) is 33.6 Å². The number of carbonyl (C=O) groups is 3. The molecule has 1 N–H and O–H groups in total. The zero-order valence-corrected chi connectivity index (χ0v) is 14.7. The predicted octanol–water partition coefficient (Wildman–Crippen LogP) is 2.12. The molecule has 3 amide bonds. The fraction of sp³-hybridized carbons (Fsp3) is 0.421. The van der Waals surface area contributed by atoms with E-state index in [-0.39, 0.29) is 46.9 Å². The number of fused-ring (bicyclic) bond motifs is 1. The van der Waals surface area contributed by atoms with E-state index < -0.39 is 16.9 Å². The van der Waals surface area contributed by atoms with Crippen molar-refractivity contribution in [3.05, 3.63) is 46.5 Å². The number of hydrogen-bond donors (Lipinski definition) is 1. The molecule has 8 nitrogen and oxygen atoms in total. The number of hydrogen-bond acceptors (Lipinski definition) is 5. The van der Waals surface area contributed by atoms with Crippen molar-refractivity contribution < 1.29 is 19.3 Å².